The van der Waals surface area contributed by atoms with Crippen molar-refractivity contribution >= 4 is 28.6 Å². The van der Waals surface area contributed by atoms with Crippen molar-refractivity contribution in [2.75, 3.05) is 0 Å². The summed E-state index contributed by atoms with van der Waals surface area (Å²) < 4.78 is 14.8. The zero-order valence-electron chi connectivity index (χ0n) is 16.9. The van der Waals surface area contributed by atoms with Crippen LogP contribution in [0.25, 0.3) is 16.6 Å². The van der Waals surface area contributed by atoms with Crippen LogP contribution in [0.5, 0.6) is 0 Å². The van der Waals surface area contributed by atoms with Gasteiger partial charge in [-0.15, -0.1) is 0 Å². The van der Waals surface area contributed by atoms with Crippen LogP contribution in [-0.4, -0.2) is 26.2 Å². The predicted octanol–water partition coefficient (Wildman–Crippen LogP) is 4.31. The van der Waals surface area contributed by atoms with Gasteiger partial charge >= 0.3 is 0 Å². The third-order valence-electron chi connectivity index (χ3n) is 4.83. The standard InChI is InChI=1S/C22H24FN3O2S/c1-5-22(3,4)25-19(27)14(2)29-21-24-18-9-7-6-8-17(18)20(28)26(21)16-12-10-15(23)11-13-16/h6-14H,5H2,1-4H3,(H,25,27). The maximum atomic E-state index is 13.4. The van der Waals surface area contributed by atoms with E-state index >= 15 is 0 Å². The summed E-state index contributed by atoms with van der Waals surface area (Å²) in [5.74, 6) is -0.519. The lowest BCUT2D eigenvalue weighted by atomic mass is 10.0. The fourth-order valence-corrected chi connectivity index (χ4v) is 3.67. The highest BCUT2D eigenvalue weighted by Gasteiger charge is 2.24. The number of fused-ring (bicyclic) bond motifs is 1. The number of hydrogen-bond donors (Lipinski definition) is 1. The fraction of sp³-hybridized carbons (Fsp3) is 0.318. The molecule has 1 aromatic heterocycles. The molecule has 1 unspecified atom stereocenters. The van der Waals surface area contributed by atoms with Gasteiger partial charge in [-0.3, -0.25) is 14.2 Å². The smallest absolute Gasteiger partial charge is 0.266 e. The summed E-state index contributed by atoms with van der Waals surface area (Å²) in [5.41, 5.74) is 0.476. The highest BCUT2D eigenvalue weighted by molar-refractivity contribution is 8.00. The lowest BCUT2D eigenvalue weighted by Gasteiger charge is -2.26. The average Bonchev–Trinajstić information content (AvgIpc) is 2.69. The van der Waals surface area contributed by atoms with Crippen molar-refractivity contribution in [3.05, 3.63) is 64.7 Å². The van der Waals surface area contributed by atoms with Gasteiger partial charge < -0.3 is 5.32 Å². The third kappa shape index (κ3) is 4.67. The minimum absolute atomic E-state index is 0.130. The van der Waals surface area contributed by atoms with Crippen LogP contribution < -0.4 is 10.9 Å². The molecule has 1 heterocycles. The van der Waals surface area contributed by atoms with Gasteiger partial charge in [-0.25, -0.2) is 9.37 Å². The van der Waals surface area contributed by atoms with E-state index in [4.69, 9.17) is 0 Å². The quantitative estimate of drug-likeness (QED) is 0.483. The normalized spacial score (nSPS) is 12.7. The molecule has 2 aromatic carbocycles. The van der Waals surface area contributed by atoms with E-state index in [0.29, 0.717) is 21.7 Å². The van der Waals surface area contributed by atoms with Crippen molar-refractivity contribution in [3.63, 3.8) is 0 Å². The number of nitrogens with zero attached hydrogens (tertiary/aromatic N) is 2. The van der Waals surface area contributed by atoms with Crippen molar-refractivity contribution in [2.45, 2.75) is 50.1 Å². The lowest BCUT2D eigenvalue weighted by molar-refractivity contribution is -0.121. The molecule has 152 valence electrons. The van der Waals surface area contributed by atoms with E-state index in [1.54, 1.807) is 25.1 Å². The van der Waals surface area contributed by atoms with Gasteiger partial charge in [0.05, 0.1) is 21.8 Å². The number of hydrogen-bond acceptors (Lipinski definition) is 4. The van der Waals surface area contributed by atoms with Crippen molar-refractivity contribution < 1.29 is 9.18 Å². The Morgan fingerprint density at radius 1 is 1.21 bits per heavy atom. The molecular formula is C22H24FN3O2S. The second kappa shape index (κ2) is 8.37. The van der Waals surface area contributed by atoms with E-state index in [9.17, 15) is 14.0 Å². The minimum atomic E-state index is -0.472. The van der Waals surface area contributed by atoms with E-state index < -0.39 is 5.25 Å². The highest BCUT2D eigenvalue weighted by atomic mass is 32.2. The number of amides is 1. The van der Waals surface area contributed by atoms with Crippen LogP contribution in [0, 0.1) is 5.82 Å². The Balaban J connectivity index is 2.06. The summed E-state index contributed by atoms with van der Waals surface area (Å²) >= 11 is 1.20. The molecule has 7 heteroatoms. The van der Waals surface area contributed by atoms with E-state index in [0.717, 1.165) is 6.42 Å². The van der Waals surface area contributed by atoms with Gasteiger partial charge in [-0.05, 0) is 63.6 Å². The van der Waals surface area contributed by atoms with Crippen LogP contribution in [0.4, 0.5) is 4.39 Å². The second-order valence-corrected chi connectivity index (χ2v) is 8.82. The molecule has 3 rings (SSSR count). The van der Waals surface area contributed by atoms with Gasteiger partial charge in [0, 0.05) is 5.54 Å². The molecule has 0 bridgehead atoms. The molecule has 1 atom stereocenters. The van der Waals surface area contributed by atoms with Gasteiger partial charge in [-0.2, -0.15) is 0 Å². The molecule has 5 nitrogen and oxygen atoms in total. The topological polar surface area (TPSA) is 64.0 Å². The highest BCUT2D eigenvalue weighted by Crippen LogP contribution is 2.26. The monoisotopic (exact) mass is 413 g/mol. The van der Waals surface area contributed by atoms with Crippen LogP contribution in [0.1, 0.15) is 34.1 Å². The Kier molecular flexibility index (Phi) is 6.07. The number of nitrogens with one attached hydrogen (secondary N) is 1. The van der Waals surface area contributed by atoms with Gasteiger partial charge in [-0.1, -0.05) is 30.8 Å². The number of para-hydroxylation sites is 1. The third-order valence-corrected chi connectivity index (χ3v) is 5.88. The Hall–Kier alpha value is -2.67. The number of benzene rings is 2. The molecule has 0 spiro atoms. The molecule has 29 heavy (non-hydrogen) atoms. The summed E-state index contributed by atoms with van der Waals surface area (Å²) in [6.45, 7) is 7.72. The molecule has 1 amide bonds. The number of halogens is 1. The summed E-state index contributed by atoms with van der Waals surface area (Å²) in [6, 6.07) is 12.7. The first-order chi connectivity index (χ1) is 13.7. The first-order valence-electron chi connectivity index (χ1n) is 9.48. The molecule has 0 aliphatic rings. The molecule has 0 radical (unpaired) electrons. The number of rotatable bonds is 6. The molecule has 0 saturated heterocycles. The van der Waals surface area contributed by atoms with Crippen LogP contribution in [-0.2, 0) is 4.79 Å². The molecule has 0 aliphatic heterocycles. The summed E-state index contributed by atoms with van der Waals surface area (Å²) in [7, 11) is 0. The van der Waals surface area contributed by atoms with Crippen LogP contribution in [0.3, 0.4) is 0 Å². The van der Waals surface area contributed by atoms with E-state index in [1.165, 1.54) is 40.6 Å². The van der Waals surface area contributed by atoms with E-state index in [1.807, 2.05) is 26.8 Å². The maximum Gasteiger partial charge on any atom is 0.266 e. The summed E-state index contributed by atoms with van der Waals surface area (Å²) in [6.07, 6.45) is 0.796. The molecule has 0 saturated carbocycles. The SMILES string of the molecule is CCC(C)(C)NC(=O)C(C)Sc1nc2ccccc2c(=O)n1-c1ccc(F)cc1. The van der Waals surface area contributed by atoms with Crippen molar-refractivity contribution in [3.8, 4) is 5.69 Å². The first kappa shape index (κ1) is 21.0. The summed E-state index contributed by atoms with van der Waals surface area (Å²) in [5, 5.41) is 3.40. The van der Waals surface area contributed by atoms with Crippen LogP contribution in [0.15, 0.2) is 58.5 Å². The van der Waals surface area contributed by atoms with Gasteiger partial charge in [0.1, 0.15) is 5.82 Å². The second-order valence-electron chi connectivity index (χ2n) is 7.52. The molecule has 0 aliphatic carbocycles. The van der Waals surface area contributed by atoms with Crippen molar-refractivity contribution in [2.24, 2.45) is 0 Å². The number of carbonyl (C=O) groups is 1. The van der Waals surface area contributed by atoms with Gasteiger partial charge in [0.25, 0.3) is 5.56 Å². The maximum absolute atomic E-state index is 13.4. The zero-order valence-corrected chi connectivity index (χ0v) is 17.7. The van der Waals surface area contributed by atoms with Gasteiger partial charge in [0.15, 0.2) is 5.16 Å². The van der Waals surface area contributed by atoms with Crippen molar-refractivity contribution in [1.82, 2.24) is 14.9 Å². The minimum Gasteiger partial charge on any atom is -0.350 e. The number of aromatic nitrogens is 2. The predicted molar refractivity (Wildman–Crippen MR) is 115 cm³/mol. The largest absolute Gasteiger partial charge is 0.350 e. The van der Waals surface area contributed by atoms with Crippen LogP contribution >= 0.6 is 11.8 Å². The lowest BCUT2D eigenvalue weighted by Crippen LogP contribution is -2.46. The van der Waals surface area contributed by atoms with E-state index in [2.05, 4.69) is 10.3 Å². The fourth-order valence-electron chi connectivity index (χ4n) is 2.74. The average molecular weight is 414 g/mol. The summed E-state index contributed by atoms with van der Waals surface area (Å²) in [4.78, 5) is 30.5. The van der Waals surface area contributed by atoms with Crippen molar-refractivity contribution in [1.29, 1.82) is 0 Å². The number of thioether (sulfide) groups is 1. The molecule has 1 N–H and O–H groups in total. The Labute approximate surface area is 173 Å². The Bertz CT molecular complexity index is 1090. The Morgan fingerprint density at radius 3 is 2.52 bits per heavy atom. The number of carbonyl (C=O) groups excluding carboxylic acids is 1. The molecular weight excluding hydrogens is 389 g/mol. The molecule has 0 fully saturated rings. The molecule has 3 aromatic rings. The Morgan fingerprint density at radius 2 is 1.86 bits per heavy atom. The van der Waals surface area contributed by atoms with Gasteiger partial charge in [0.2, 0.25) is 5.91 Å². The zero-order chi connectivity index (χ0) is 21.2. The first-order valence-corrected chi connectivity index (χ1v) is 10.4. The van der Waals surface area contributed by atoms with E-state index in [-0.39, 0.29) is 22.8 Å². The van der Waals surface area contributed by atoms with Crippen LogP contribution in [0.2, 0.25) is 0 Å².